The number of benzene rings is 3. The normalized spacial score (nSPS) is 10.4. The van der Waals surface area contributed by atoms with E-state index in [0.717, 1.165) is 5.56 Å². The lowest BCUT2D eigenvalue weighted by Gasteiger charge is -2.09. The van der Waals surface area contributed by atoms with E-state index in [2.05, 4.69) is 16.5 Å². The minimum absolute atomic E-state index is 0.156. The Hall–Kier alpha value is -4.18. The Morgan fingerprint density at radius 1 is 1.07 bits per heavy atom. The van der Waals surface area contributed by atoms with E-state index in [0.29, 0.717) is 22.6 Å². The summed E-state index contributed by atoms with van der Waals surface area (Å²) in [5.41, 5.74) is 2.37. The molecule has 3 aromatic rings. The van der Waals surface area contributed by atoms with E-state index < -0.39 is 0 Å². The van der Waals surface area contributed by atoms with Crippen LogP contribution in [0.3, 0.4) is 0 Å². The first kappa shape index (κ1) is 20.6. The second kappa shape index (κ2) is 10.4. The fourth-order valence-electron chi connectivity index (χ4n) is 2.55. The van der Waals surface area contributed by atoms with Crippen LogP contribution in [0, 0.1) is 17.1 Å². The molecule has 0 unspecified atom stereocenters. The maximum atomic E-state index is 12.9. The first-order chi connectivity index (χ1) is 14.7. The number of carbonyl (C=O) groups excluding carboxylic acids is 1. The van der Waals surface area contributed by atoms with E-state index in [4.69, 9.17) is 14.8 Å². The minimum Gasteiger partial charge on any atom is -0.483 e. The highest BCUT2D eigenvalue weighted by Gasteiger charge is 2.07. The van der Waals surface area contributed by atoms with Gasteiger partial charge in [-0.1, -0.05) is 35.5 Å². The van der Waals surface area contributed by atoms with Gasteiger partial charge in [-0.05, 0) is 42.5 Å². The molecule has 0 fully saturated rings. The molecule has 0 radical (unpaired) electrons. The zero-order chi connectivity index (χ0) is 21.2. The van der Waals surface area contributed by atoms with Gasteiger partial charge in [0.1, 0.15) is 18.2 Å². The average molecular weight is 403 g/mol. The molecule has 3 rings (SSSR count). The van der Waals surface area contributed by atoms with Gasteiger partial charge in [0.05, 0.1) is 17.8 Å². The summed E-state index contributed by atoms with van der Waals surface area (Å²) in [6.07, 6.45) is 1.47. The van der Waals surface area contributed by atoms with E-state index in [1.165, 1.54) is 30.5 Å². The van der Waals surface area contributed by atoms with Gasteiger partial charge in [-0.2, -0.15) is 5.26 Å². The van der Waals surface area contributed by atoms with Crippen molar-refractivity contribution in [2.75, 3.05) is 11.9 Å². The zero-order valence-corrected chi connectivity index (χ0v) is 15.9. The summed E-state index contributed by atoms with van der Waals surface area (Å²) in [5.74, 6) is -0.301. The number of anilines is 1. The maximum Gasteiger partial charge on any atom is 0.262 e. The number of carbonyl (C=O) groups is 1. The van der Waals surface area contributed by atoms with Crippen molar-refractivity contribution >= 4 is 17.8 Å². The number of nitrogens with zero attached hydrogens (tertiary/aromatic N) is 2. The summed E-state index contributed by atoms with van der Waals surface area (Å²) in [6.45, 7) is -0.0675. The van der Waals surface area contributed by atoms with Crippen LogP contribution in [0.1, 0.15) is 16.7 Å². The summed E-state index contributed by atoms with van der Waals surface area (Å²) in [5, 5.41) is 15.6. The highest BCUT2D eigenvalue weighted by molar-refractivity contribution is 5.92. The topological polar surface area (TPSA) is 83.7 Å². The smallest absolute Gasteiger partial charge is 0.262 e. The van der Waals surface area contributed by atoms with Gasteiger partial charge < -0.3 is 14.9 Å². The third-order valence-corrected chi connectivity index (χ3v) is 4.03. The Bertz CT molecular complexity index is 1080. The fraction of sp³-hybridized carbons (Fsp3) is 0.0870. The molecule has 0 aliphatic heterocycles. The van der Waals surface area contributed by atoms with E-state index in [-0.39, 0.29) is 24.9 Å². The van der Waals surface area contributed by atoms with Crippen molar-refractivity contribution in [2.45, 2.75) is 6.61 Å². The molecule has 30 heavy (non-hydrogen) atoms. The summed E-state index contributed by atoms with van der Waals surface area (Å²) in [4.78, 5) is 17.3. The molecule has 0 heterocycles. The van der Waals surface area contributed by atoms with Crippen molar-refractivity contribution in [3.05, 3.63) is 95.3 Å². The number of amides is 1. The monoisotopic (exact) mass is 403 g/mol. The van der Waals surface area contributed by atoms with Crippen molar-refractivity contribution in [1.29, 1.82) is 5.26 Å². The molecule has 1 N–H and O–H groups in total. The molecule has 0 aliphatic rings. The molecule has 0 saturated heterocycles. The van der Waals surface area contributed by atoms with Crippen LogP contribution in [0.15, 0.2) is 78.0 Å². The highest BCUT2D eigenvalue weighted by Crippen LogP contribution is 2.17. The largest absolute Gasteiger partial charge is 0.483 e. The van der Waals surface area contributed by atoms with Gasteiger partial charge in [-0.25, -0.2) is 4.39 Å². The van der Waals surface area contributed by atoms with Gasteiger partial charge in [-0.3, -0.25) is 4.79 Å². The quantitative estimate of drug-likeness (QED) is 0.450. The van der Waals surface area contributed by atoms with E-state index in [1.54, 1.807) is 42.5 Å². The Balaban J connectivity index is 1.55. The zero-order valence-electron chi connectivity index (χ0n) is 15.9. The third-order valence-electron chi connectivity index (χ3n) is 4.03. The highest BCUT2D eigenvalue weighted by atomic mass is 19.1. The third kappa shape index (κ3) is 5.91. The molecule has 6 nitrogen and oxygen atoms in total. The molecule has 0 aromatic heterocycles. The maximum absolute atomic E-state index is 12.9. The lowest BCUT2D eigenvalue weighted by atomic mass is 10.1. The predicted octanol–water partition coefficient (Wildman–Crippen LogP) is 4.27. The second-order valence-corrected chi connectivity index (χ2v) is 6.16. The number of ether oxygens (including phenoxy) is 1. The number of nitriles is 1. The molecular weight excluding hydrogens is 385 g/mol. The number of halogens is 1. The Kier molecular flexibility index (Phi) is 7.12. The van der Waals surface area contributed by atoms with Crippen LogP contribution in [0.4, 0.5) is 10.1 Å². The summed E-state index contributed by atoms with van der Waals surface area (Å²) < 4.78 is 18.5. The molecule has 3 aromatic carbocycles. The number of hydrogen-bond acceptors (Lipinski definition) is 5. The van der Waals surface area contributed by atoms with E-state index in [1.807, 2.05) is 6.07 Å². The van der Waals surface area contributed by atoms with Crippen molar-refractivity contribution in [3.8, 4) is 11.8 Å². The number of oxime groups is 1. The van der Waals surface area contributed by atoms with Crippen LogP contribution < -0.4 is 10.1 Å². The Morgan fingerprint density at radius 3 is 2.60 bits per heavy atom. The fourth-order valence-corrected chi connectivity index (χ4v) is 2.55. The number of nitrogens with one attached hydrogen (secondary N) is 1. The molecule has 1 amide bonds. The molecular formula is C23H18FN3O3. The number of rotatable bonds is 8. The molecule has 7 heteroatoms. The van der Waals surface area contributed by atoms with Crippen molar-refractivity contribution in [2.24, 2.45) is 5.16 Å². The van der Waals surface area contributed by atoms with Gasteiger partial charge in [0, 0.05) is 16.8 Å². The van der Waals surface area contributed by atoms with Gasteiger partial charge in [0.15, 0.2) is 6.61 Å². The lowest BCUT2D eigenvalue weighted by Crippen LogP contribution is -2.20. The average Bonchev–Trinajstić information content (AvgIpc) is 2.78. The van der Waals surface area contributed by atoms with Crippen molar-refractivity contribution < 1.29 is 18.8 Å². The number of hydrogen-bond donors (Lipinski definition) is 1. The van der Waals surface area contributed by atoms with E-state index >= 15 is 0 Å². The van der Waals surface area contributed by atoms with Crippen LogP contribution in [0.5, 0.6) is 5.75 Å². The molecule has 0 saturated carbocycles. The molecule has 0 aliphatic carbocycles. The summed E-state index contributed by atoms with van der Waals surface area (Å²) in [7, 11) is 0. The lowest BCUT2D eigenvalue weighted by molar-refractivity contribution is -0.118. The van der Waals surface area contributed by atoms with E-state index in [9.17, 15) is 9.18 Å². The first-order valence-corrected chi connectivity index (χ1v) is 9.06. The SMILES string of the molecule is N#Cc1ccccc1CO/N=C\c1ccccc1OCC(=O)Nc1ccc(F)cc1. The van der Waals surface area contributed by atoms with Crippen LogP contribution in [-0.4, -0.2) is 18.7 Å². The summed E-state index contributed by atoms with van der Waals surface area (Å²) in [6, 6.07) is 21.7. The standard InChI is InChI=1S/C23H18FN3O3/c24-20-9-11-21(12-10-20)27-23(28)16-29-22-8-4-3-6-18(22)14-26-30-15-19-7-2-1-5-17(19)13-25/h1-12,14H,15-16H2,(H,27,28)/b26-14-. The Labute approximate surface area is 173 Å². The molecule has 0 spiro atoms. The molecule has 150 valence electrons. The van der Waals surface area contributed by atoms with Gasteiger partial charge in [0.25, 0.3) is 5.91 Å². The van der Waals surface area contributed by atoms with Gasteiger partial charge in [0.2, 0.25) is 0 Å². The van der Waals surface area contributed by atoms with Gasteiger partial charge >= 0.3 is 0 Å². The van der Waals surface area contributed by atoms with Crippen LogP contribution in [-0.2, 0) is 16.2 Å². The Morgan fingerprint density at radius 2 is 1.80 bits per heavy atom. The molecule has 0 bridgehead atoms. The first-order valence-electron chi connectivity index (χ1n) is 9.06. The van der Waals surface area contributed by atoms with Crippen LogP contribution in [0.2, 0.25) is 0 Å². The van der Waals surface area contributed by atoms with Crippen molar-refractivity contribution in [3.63, 3.8) is 0 Å². The number of para-hydroxylation sites is 1. The van der Waals surface area contributed by atoms with Crippen molar-refractivity contribution in [1.82, 2.24) is 0 Å². The minimum atomic E-state index is -0.379. The summed E-state index contributed by atoms with van der Waals surface area (Å²) >= 11 is 0. The molecule has 0 atom stereocenters. The van der Waals surface area contributed by atoms with Crippen LogP contribution in [0.25, 0.3) is 0 Å². The van der Waals surface area contributed by atoms with Crippen LogP contribution >= 0.6 is 0 Å². The predicted molar refractivity (Wildman–Crippen MR) is 111 cm³/mol. The van der Waals surface area contributed by atoms with Gasteiger partial charge in [-0.15, -0.1) is 0 Å². The second-order valence-electron chi connectivity index (χ2n) is 6.16.